The molecule has 0 radical (unpaired) electrons. The standard InChI is InChI=1S/C12H15N5O/c13-4-1-5-17(8-2-3-8)10-7-16-11(14)6-9(10)12(15)18/h6-8H,1-3,5H2,(H2,14,16)(H2,15,18). The Bertz CT molecular complexity index is 504. The zero-order valence-corrected chi connectivity index (χ0v) is 9.97. The lowest BCUT2D eigenvalue weighted by molar-refractivity contribution is 0.100. The van der Waals surface area contributed by atoms with Crippen LogP contribution in [0.15, 0.2) is 12.3 Å². The van der Waals surface area contributed by atoms with Crippen molar-refractivity contribution >= 4 is 17.4 Å². The number of carbonyl (C=O) groups is 1. The smallest absolute Gasteiger partial charge is 0.251 e. The average molecular weight is 245 g/mol. The number of nitriles is 1. The maximum absolute atomic E-state index is 11.4. The van der Waals surface area contributed by atoms with E-state index in [1.807, 2.05) is 4.90 Å². The maximum atomic E-state index is 11.4. The Morgan fingerprint density at radius 1 is 1.61 bits per heavy atom. The van der Waals surface area contributed by atoms with E-state index in [2.05, 4.69) is 11.1 Å². The zero-order valence-electron chi connectivity index (χ0n) is 9.97. The number of nitrogen functional groups attached to an aromatic ring is 1. The van der Waals surface area contributed by atoms with Crippen molar-refractivity contribution in [3.63, 3.8) is 0 Å². The second-order valence-electron chi connectivity index (χ2n) is 4.32. The number of rotatable bonds is 5. The Morgan fingerprint density at radius 3 is 2.89 bits per heavy atom. The molecule has 0 spiro atoms. The molecule has 0 bridgehead atoms. The first-order chi connectivity index (χ1) is 8.63. The first-order valence-corrected chi connectivity index (χ1v) is 5.82. The fourth-order valence-corrected chi connectivity index (χ4v) is 1.95. The summed E-state index contributed by atoms with van der Waals surface area (Å²) in [4.78, 5) is 17.5. The number of hydrogen-bond acceptors (Lipinski definition) is 5. The first-order valence-electron chi connectivity index (χ1n) is 5.82. The predicted octanol–water partition coefficient (Wildman–Crippen LogP) is 0.645. The van der Waals surface area contributed by atoms with Crippen molar-refractivity contribution in [2.24, 2.45) is 5.73 Å². The van der Waals surface area contributed by atoms with E-state index < -0.39 is 5.91 Å². The number of pyridine rings is 1. The molecule has 0 atom stereocenters. The van der Waals surface area contributed by atoms with Crippen LogP contribution in [0.25, 0.3) is 0 Å². The topological polar surface area (TPSA) is 109 Å². The fraction of sp³-hybridized carbons (Fsp3) is 0.417. The third kappa shape index (κ3) is 2.51. The molecule has 1 aliphatic rings. The normalized spacial score (nSPS) is 13.9. The number of amides is 1. The van der Waals surface area contributed by atoms with Gasteiger partial charge in [-0.25, -0.2) is 4.98 Å². The Hall–Kier alpha value is -2.29. The molecule has 1 heterocycles. The molecule has 1 aliphatic carbocycles. The molecule has 0 saturated heterocycles. The van der Waals surface area contributed by atoms with Crippen molar-refractivity contribution in [1.82, 2.24) is 4.98 Å². The molecule has 18 heavy (non-hydrogen) atoms. The Labute approximate surface area is 105 Å². The number of primary amides is 1. The summed E-state index contributed by atoms with van der Waals surface area (Å²) in [5.74, 6) is -0.259. The predicted molar refractivity (Wildman–Crippen MR) is 67.8 cm³/mol. The quantitative estimate of drug-likeness (QED) is 0.791. The van der Waals surface area contributed by atoms with E-state index in [9.17, 15) is 4.79 Å². The molecule has 6 heteroatoms. The molecule has 6 nitrogen and oxygen atoms in total. The van der Waals surface area contributed by atoms with Crippen molar-refractivity contribution in [1.29, 1.82) is 5.26 Å². The highest BCUT2D eigenvalue weighted by molar-refractivity contribution is 5.99. The summed E-state index contributed by atoms with van der Waals surface area (Å²) in [7, 11) is 0. The highest BCUT2D eigenvalue weighted by Gasteiger charge is 2.31. The number of aromatic nitrogens is 1. The van der Waals surface area contributed by atoms with Crippen LogP contribution in [-0.4, -0.2) is 23.5 Å². The minimum Gasteiger partial charge on any atom is -0.384 e. The van der Waals surface area contributed by atoms with Crippen LogP contribution >= 0.6 is 0 Å². The second-order valence-corrected chi connectivity index (χ2v) is 4.32. The Morgan fingerprint density at radius 2 is 2.33 bits per heavy atom. The van der Waals surface area contributed by atoms with E-state index >= 15 is 0 Å². The molecule has 1 aromatic heterocycles. The third-order valence-electron chi connectivity index (χ3n) is 2.93. The summed E-state index contributed by atoms with van der Waals surface area (Å²) in [6.07, 6.45) is 4.09. The van der Waals surface area contributed by atoms with Crippen LogP contribution in [-0.2, 0) is 0 Å². The molecule has 0 aliphatic heterocycles. The largest absolute Gasteiger partial charge is 0.384 e. The van der Waals surface area contributed by atoms with Crippen LogP contribution in [0.3, 0.4) is 0 Å². The van der Waals surface area contributed by atoms with Crippen molar-refractivity contribution in [3.8, 4) is 6.07 Å². The van der Waals surface area contributed by atoms with Crippen molar-refractivity contribution < 1.29 is 4.79 Å². The molecule has 1 fully saturated rings. The minimum atomic E-state index is -0.526. The number of nitrogens with two attached hydrogens (primary N) is 2. The summed E-state index contributed by atoms with van der Waals surface area (Å²) >= 11 is 0. The number of carbonyl (C=O) groups excluding carboxylic acids is 1. The van der Waals surface area contributed by atoms with Crippen LogP contribution in [0.5, 0.6) is 0 Å². The van der Waals surface area contributed by atoms with Crippen molar-refractivity contribution in [3.05, 3.63) is 17.8 Å². The van der Waals surface area contributed by atoms with Crippen LogP contribution < -0.4 is 16.4 Å². The molecular formula is C12H15N5O. The fourth-order valence-electron chi connectivity index (χ4n) is 1.95. The summed E-state index contributed by atoms with van der Waals surface area (Å²) in [5.41, 5.74) is 12.0. The molecule has 1 aromatic rings. The lowest BCUT2D eigenvalue weighted by atomic mass is 10.1. The van der Waals surface area contributed by atoms with Gasteiger partial charge in [0.15, 0.2) is 0 Å². The van der Waals surface area contributed by atoms with Gasteiger partial charge in [-0.1, -0.05) is 0 Å². The molecule has 0 aromatic carbocycles. The Kier molecular flexibility index (Phi) is 3.33. The first kappa shape index (κ1) is 12.2. The summed E-state index contributed by atoms with van der Waals surface area (Å²) in [6.45, 7) is 0.576. The summed E-state index contributed by atoms with van der Waals surface area (Å²) in [5, 5.41) is 8.68. The van der Waals surface area contributed by atoms with E-state index in [0.29, 0.717) is 30.3 Å². The minimum absolute atomic E-state index is 0.267. The zero-order chi connectivity index (χ0) is 13.1. The van der Waals surface area contributed by atoms with Gasteiger partial charge in [0, 0.05) is 12.6 Å². The van der Waals surface area contributed by atoms with Gasteiger partial charge in [0.05, 0.1) is 29.9 Å². The average Bonchev–Trinajstić information content (AvgIpc) is 3.15. The molecule has 94 valence electrons. The van der Waals surface area contributed by atoms with Gasteiger partial charge in [0.2, 0.25) is 0 Å². The Balaban J connectivity index is 2.34. The van der Waals surface area contributed by atoms with Crippen LogP contribution in [0.1, 0.15) is 29.6 Å². The maximum Gasteiger partial charge on any atom is 0.251 e. The lowest BCUT2D eigenvalue weighted by Crippen LogP contribution is -2.29. The summed E-state index contributed by atoms with van der Waals surface area (Å²) in [6, 6.07) is 3.97. The van der Waals surface area contributed by atoms with Gasteiger partial charge in [0.25, 0.3) is 5.91 Å². The van der Waals surface area contributed by atoms with Gasteiger partial charge in [-0.2, -0.15) is 5.26 Å². The number of anilines is 2. The molecule has 2 rings (SSSR count). The van der Waals surface area contributed by atoms with Gasteiger partial charge in [0.1, 0.15) is 5.82 Å². The van der Waals surface area contributed by atoms with E-state index in [1.165, 1.54) is 6.07 Å². The molecule has 0 unspecified atom stereocenters. The van der Waals surface area contributed by atoms with Crippen LogP contribution in [0, 0.1) is 11.3 Å². The van der Waals surface area contributed by atoms with E-state index in [0.717, 1.165) is 12.8 Å². The summed E-state index contributed by atoms with van der Waals surface area (Å²) < 4.78 is 0. The second kappa shape index (κ2) is 4.92. The van der Waals surface area contributed by atoms with Crippen molar-refractivity contribution in [2.45, 2.75) is 25.3 Å². The van der Waals surface area contributed by atoms with Gasteiger partial charge >= 0.3 is 0 Å². The molecule has 4 N–H and O–H groups in total. The van der Waals surface area contributed by atoms with Crippen molar-refractivity contribution in [2.75, 3.05) is 17.2 Å². The van der Waals surface area contributed by atoms with Gasteiger partial charge < -0.3 is 16.4 Å². The monoisotopic (exact) mass is 245 g/mol. The SMILES string of the molecule is N#CCCN(c1cnc(N)cc1C(N)=O)C1CC1. The van der Waals surface area contributed by atoms with E-state index in [4.69, 9.17) is 16.7 Å². The molecule has 1 amide bonds. The molecular weight excluding hydrogens is 230 g/mol. The van der Waals surface area contributed by atoms with Crippen LogP contribution in [0.4, 0.5) is 11.5 Å². The van der Waals surface area contributed by atoms with Gasteiger partial charge in [-0.15, -0.1) is 0 Å². The van der Waals surface area contributed by atoms with Crippen LogP contribution in [0.2, 0.25) is 0 Å². The van der Waals surface area contributed by atoms with E-state index in [1.54, 1.807) is 6.20 Å². The van der Waals surface area contributed by atoms with Gasteiger partial charge in [-0.05, 0) is 18.9 Å². The third-order valence-corrected chi connectivity index (χ3v) is 2.93. The number of nitrogens with zero attached hydrogens (tertiary/aromatic N) is 3. The van der Waals surface area contributed by atoms with Gasteiger partial charge in [-0.3, -0.25) is 4.79 Å². The number of hydrogen-bond donors (Lipinski definition) is 2. The molecule has 1 saturated carbocycles. The highest BCUT2D eigenvalue weighted by Crippen LogP contribution is 2.33. The van der Waals surface area contributed by atoms with E-state index in [-0.39, 0.29) is 5.82 Å². The lowest BCUT2D eigenvalue weighted by Gasteiger charge is -2.25. The highest BCUT2D eigenvalue weighted by atomic mass is 16.1.